The number of aliphatic imine (C=N–C) groups is 1. The number of amides is 1. The van der Waals surface area contributed by atoms with Gasteiger partial charge >= 0.3 is 0 Å². The number of nitrogens with one attached hydrogen (secondary N) is 2. The van der Waals surface area contributed by atoms with Crippen molar-refractivity contribution in [2.75, 3.05) is 0 Å². The summed E-state index contributed by atoms with van der Waals surface area (Å²) < 4.78 is 5.37. The Bertz CT molecular complexity index is 1030. The molecule has 154 valence electrons. The number of rotatable bonds is 6. The van der Waals surface area contributed by atoms with Crippen LogP contribution >= 0.6 is 0 Å². The van der Waals surface area contributed by atoms with Crippen LogP contribution in [0.3, 0.4) is 0 Å². The van der Waals surface area contributed by atoms with Crippen LogP contribution in [-0.4, -0.2) is 43.3 Å². The van der Waals surface area contributed by atoms with Crippen LogP contribution in [0.1, 0.15) is 48.4 Å². The van der Waals surface area contributed by atoms with E-state index in [1.165, 1.54) is 12.7 Å². The van der Waals surface area contributed by atoms with Crippen LogP contribution in [0.4, 0.5) is 0 Å². The zero-order chi connectivity index (χ0) is 20.8. The molecule has 3 heterocycles. The number of oxazole rings is 1. The average Bonchev–Trinajstić information content (AvgIpc) is 3.49. The summed E-state index contributed by atoms with van der Waals surface area (Å²) in [5, 5.41) is 9.29. The van der Waals surface area contributed by atoms with E-state index in [-0.39, 0.29) is 23.3 Å². The molecule has 0 radical (unpaired) electrons. The smallest absolute Gasteiger partial charge is 0.277 e. The average molecular weight is 406 g/mol. The molecule has 3 aromatic heterocycles. The van der Waals surface area contributed by atoms with E-state index >= 15 is 0 Å². The third-order valence-electron chi connectivity index (χ3n) is 4.82. The van der Waals surface area contributed by atoms with Crippen LogP contribution in [0.5, 0.6) is 0 Å². The summed E-state index contributed by atoms with van der Waals surface area (Å²) >= 11 is 0. The van der Waals surface area contributed by atoms with Crippen LogP contribution in [0.2, 0.25) is 0 Å². The SMILES string of the molecule is NC(=C(C=NC1CCCCC1)NC(=O)c1coc(-c2cn[nH]c2)n1)c1ncccn1. The molecule has 1 fully saturated rings. The highest BCUT2D eigenvalue weighted by molar-refractivity contribution is 6.00. The first kappa shape index (κ1) is 19.5. The van der Waals surface area contributed by atoms with Gasteiger partial charge in [0.25, 0.3) is 5.91 Å². The van der Waals surface area contributed by atoms with Gasteiger partial charge in [-0.2, -0.15) is 5.10 Å². The number of H-pyrrole nitrogens is 1. The molecule has 1 aliphatic rings. The van der Waals surface area contributed by atoms with E-state index in [9.17, 15) is 4.79 Å². The number of nitrogens with two attached hydrogens (primary N) is 1. The van der Waals surface area contributed by atoms with Gasteiger partial charge < -0.3 is 15.5 Å². The van der Waals surface area contributed by atoms with Crippen LogP contribution in [-0.2, 0) is 0 Å². The highest BCUT2D eigenvalue weighted by Crippen LogP contribution is 2.20. The summed E-state index contributed by atoms with van der Waals surface area (Å²) in [6.07, 6.45) is 14.8. The number of carbonyl (C=O) groups is 1. The van der Waals surface area contributed by atoms with Crippen LogP contribution in [0.15, 0.2) is 52.2 Å². The summed E-state index contributed by atoms with van der Waals surface area (Å²) in [6.45, 7) is 0. The normalized spacial score (nSPS) is 15.9. The Kier molecular flexibility index (Phi) is 5.93. The Hall–Kier alpha value is -3.82. The molecule has 0 unspecified atom stereocenters. The fourth-order valence-electron chi connectivity index (χ4n) is 3.20. The highest BCUT2D eigenvalue weighted by atomic mass is 16.3. The Morgan fingerprint density at radius 3 is 2.80 bits per heavy atom. The maximum Gasteiger partial charge on any atom is 0.277 e. The maximum absolute atomic E-state index is 12.8. The summed E-state index contributed by atoms with van der Waals surface area (Å²) in [5.41, 5.74) is 7.55. The number of nitrogens with zero attached hydrogens (tertiary/aromatic N) is 5. The Morgan fingerprint density at radius 2 is 2.07 bits per heavy atom. The Morgan fingerprint density at radius 1 is 1.27 bits per heavy atom. The van der Waals surface area contributed by atoms with Crippen molar-refractivity contribution in [3.05, 3.63) is 54.3 Å². The van der Waals surface area contributed by atoms with Gasteiger partial charge in [0.05, 0.1) is 23.5 Å². The fraction of sp³-hybridized carbons (Fsp3) is 0.300. The third-order valence-corrected chi connectivity index (χ3v) is 4.82. The minimum absolute atomic E-state index is 0.108. The van der Waals surface area contributed by atoms with Crippen LogP contribution in [0, 0.1) is 0 Å². The van der Waals surface area contributed by atoms with E-state index in [4.69, 9.17) is 10.2 Å². The van der Waals surface area contributed by atoms with Gasteiger partial charge in [0.15, 0.2) is 11.5 Å². The Labute approximate surface area is 172 Å². The van der Waals surface area contributed by atoms with Gasteiger partial charge in [-0.15, -0.1) is 0 Å². The molecule has 0 aliphatic heterocycles. The van der Waals surface area contributed by atoms with Gasteiger partial charge in [-0.1, -0.05) is 19.3 Å². The van der Waals surface area contributed by atoms with Crippen molar-refractivity contribution in [2.45, 2.75) is 38.1 Å². The maximum atomic E-state index is 12.8. The predicted octanol–water partition coefficient (Wildman–Crippen LogP) is 2.32. The molecule has 1 aliphatic carbocycles. The largest absolute Gasteiger partial charge is 0.444 e. The van der Waals surface area contributed by atoms with E-state index in [0.717, 1.165) is 25.7 Å². The van der Waals surface area contributed by atoms with E-state index in [2.05, 4.69) is 35.5 Å². The minimum Gasteiger partial charge on any atom is -0.444 e. The van der Waals surface area contributed by atoms with E-state index in [0.29, 0.717) is 17.1 Å². The Balaban J connectivity index is 1.57. The van der Waals surface area contributed by atoms with Crippen LogP contribution in [0.25, 0.3) is 17.2 Å². The molecule has 0 saturated heterocycles. The lowest BCUT2D eigenvalue weighted by atomic mass is 9.96. The van der Waals surface area contributed by atoms with Crippen molar-refractivity contribution in [1.82, 2.24) is 30.5 Å². The molecule has 0 spiro atoms. The summed E-state index contributed by atoms with van der Waals surface area (Å²) in [6, 6.07) is 1.91. The topological polar surface area (TPSA) is 148 Å². The van der Waals surface area contributed by atoms with Gasteiger partial charge in [-0.05, 0) is 18.9 Å². The van der Waals surface area contributed by atoms with Crippen molar-refractivity contribution in [1.29, 1.82) is 0 Å². The number of hydrogen-bond donors (Lipinski definition) is 3. The fourth-order valence-corrected chi connectivity index (χ4v) is 3.20. The van der Waals surface area contributed by atoms with Gasteiger partial charge in [0, 0.05) is 24.8 Å². The predicted molar refractivity (Wildman–Crippen MR) is 110 cm³/mol. The molecule has 0 bridgehead atoms. The summed E-state index contributed by atoms with van der Waals surface area (Å²) in [5.74, 6) is 0.120. The number of aromatic nitrogens is 5. The van der Waals surface area contributed by atoms with Crippen molar-refractivity contribution >= 4 is 17.8 Å². The molecule has 4 rings (SSSR count). The second kappa shape index (κ2) is 9.12. The van der Waals surface area contributed by atoms with Crippen molar-refractivity contribution in [3.63, 3.8) is 0 Å². The highest BCUT2D eigenvalue weighted by Gasteiger charge is 2.18. The van der Waals surface area contributed by atoms with Gasteiger partial charge in [-0.3, -0.25) is 14.9 Å². The standard InChI is InChI=1S/C20H22N8O2/c21-17(18-22-7-4-8-23-18)15(11-24-14-5-2-1-3-6-14)27-19(29)16-12-30-20(28-16)13-9-25-26-10-13/h4,7-12,14H,1-3,5-6,21H2,(H,25,26)(H,27,29). The first-order valence-electron chi connectivity index (χ1n) is 9.77. The van der Waals surface area contributed by atoms with E-state index < -0.39 is 5.91 Å². The number of allylic oxidation sites excluding steroid dienone is 1. The lowest BCUT2D eigenvalue weighted by Gasteiger charge is -2.17. The summed E-state index contributed by atoms with van der Waals surface area (Å²) in [7, 11) is 0. The monoisotopic (exact) mass is 406 g/mol. The van der Waals surface area contributed by atoms with Crippen molar-refractivity contribution in [2.24, 2.45) is 10.7 Å². The molecule has 1 amide bonds. The van der Waals surface area contributed by atoms with Crippen LogP contribution < -0.4 is 11.1 Å². The van der Waals surface area contributed by atoms with Crippen molar-refractivity contribution in [3.8, 4) is 11.5 Å². The second-order valence-corrected chi connectivity index (χ2v) is 6.95. The van der Waals surface area contributed by atoms with Gasteiger partial charge in [0.2, 0.25) is 5.89 Å². The lowest BCUT2D eigenvalue weighted by Crippen LogP contribution is -2.27. The zero-order valence-electron chi connectivity index (χ0n) is 16.3. The zero-order valence-corrected chi connectivity index (χ0v) is 16.3. The van der Waals surface area contributed by atoms with E-state index in [1.807, 2.05) is 0 Å². The third kappa shape index (κ3) is 4.59. The lowest BCUT2D eigenvalue weighted by molar-refractivity contribution is 0.0963. The molecule has 10 nitrogen and oxygen atoms in total. The molecule has 30 heavy (non-hydrogen) atoms. The molecular weight excluding hydrogens is 384 g/mol. The number of carbonyl (C=O) groups excluding carboxylic acids is 1. The van der Waals surface area contributed by atoms with E-state index in [1.54, 1.807) is 37.1 Å². The first-order chi connectivity index (χ1) is 14.7. The molecule has 4 N–H and O–H groups in total. The molecular formula is C20H22N8O2. The summed E-state index contributed by atoms with van der Waals surface area (Å²) in [4.78, 5) is 29.9. The molecule has 1 saturated carbocycles. The molecule has 0 atom stereocenters. The molecule has 0 aromatic carbocycles. The number of aromatic amines is 1. The molecule has 10 heteroatoms. The minimum atomic E-state index is -0.475. The second-order valence-electron chi connectivity index (χ2n) is 6.95. The number of hydrogen-bond acceptors (Lipinski definition) is 8. The van der Waals surface area contributed by atoms with Gasteiger partial charge in [-0.25, -0.2) is 15.0 Å². The molecule has 3 aromatic rings. The van der Waals surface area contributed by atoms with Crippen molar-refractivity contribution < 1.29 is 9.21 Å². The quantitative estimate of drug-likeness (QED) is 0.532. The first-order valence-corrected chi connectivity index (χ1v) is 9.77. The van der Waals surface area contributed by atoms with Gasteiger partial charge in [0.1, 0.15) is 12.0 Å².